The fraction of sp³-hybridized carbons (Fsp3) is 0.355. The smallest absolute Gasteiger partial charge is 0.264 e. The van der Waals surface area contributed by atoms with E-state index in [4.69, 9.17) is 4.74 Å². The van der Waals surface area contributed by atoms with E-state index in [9.17, 15) is 22.4 Å². The Morgan fingerprint density at radius 3 is 2.29 bits per heavy atom. The molecule has 0 bridgehead atoms. The highest BCUT2D eigenvalue weighted by molar-refractivity contribution is 9.10. The normalized spacial score (nSPS) is 14.3. The third-order valence-electron chi connectivity index (χ3n) is 7.45. The SMILES string of the molecule is COc1ccc(S(=O)(=O)N(CC(=O)N(Cc2ccc(F)cc2)C(C)C(=O)NC2CCCC2)c2ccc(C)cc2)cc1Br. The van der Waals surface area contributed by atoms with Crippen molar-refractivity contribution in [1.29, 1.82) is 0 Å². The molecule has 0 spiro atoms. The number of halogens is 2. The van der Waals surface area contributed by atoms with Crippen molar-refractivity contribution in [2.45, 2.75) is 63.1 Å². The predicted octanol–water partition coefficient (Wildman–Crippen LogP) is 5.58. The lowest BCUT2D eigenvalue weighted by molar-refractivity contribution is -0.139. The average Bonchev–Trinajstić information content (AvgIpc) is 3.48. The maximum Gasteiger partial charge on any atom is 0.264 e. The maximum atomic E-state index is 14.0. The van der Waals surface area contributed by atoms with Gasteiger partial charge in [0, 0.05) is 12.6 Å². The Hall–Kier alpha value is -3.44. The Kier molecular flexibility index (Phi) is 10.3. The number of rotatable bonds is 11. The molecular weight excluding hydrogens is 625 g/mol. The number of carbonyl (C=O) groups excluding carboxylic acids is 2. The van der Waals surface area contributed by atoms with Gasteiger partial charge in [0.2, 0.25) is 11.8 Å². The van der Waals surface area contributed by atoms with E-state index in [1.54, 1.807) is 43.3 Å². The second kappa shape index (κ2) is 13.7. The summed E-state index contributed by atoms with van der Waals surface area (Å²) in [7, 11) is -2.76. The van der Waals surface area contributed by atoms with Gasteiger partial charge in [-0.15, -0.1) is 0 Å². The van der Waals surface area contributed by atoms with E-state index >= 15 is 0 Å². The standard InChI is InChI=1S/C31H35BrFN3O5S/c1-21-8-14-26(15-9-21)36(42(39,40)27-16-17-29(41-3)28(32)18-27)20-30(37)35(19-23-10-12-24(33)13-11-23)22(2)31(38)34-25-6-4-5-7-25/h8-18,22,25H,4-7,19-20H2,1-3H3,(H,34,38). The van der Waals surface area contributed by atoms with E-state index in [0.29, 0.717) is 21.5 Å². The molecule has 1 N–H and O–H groups in total. The van der Waals surface area contributed by atoms with E-state index in [2.05, 4.69) is 21.2 Å². The highest BCUT2D eigenvalue weighted by atomic mass is 79.9. The number of benzene rings is 3. The number of carbonyl (C=O) groups is 2. The Labute approximate surface area is 255 Å². The van der Waals surface area contributed by atoms with Crippen LogP contribution < -0.4 is 14.4 Å². The number of aryl methyl sites for hydroxylation is 1. The summed E-state index contributed by atoms with van der Waals surface area (Å²) in [6, 6.07) is 16.0. The summed E-state index contributed by atoms with van der Waals surface area (Å²) in [6.07, 6.45) is 3.81. The molecule has 2 amide bonds. The first-order valence-corrected chi connectivity index (χ1v) is 16.0. The summed E-state index contributed by atoms with van der Waals surface area (Å²) >= 11 is 3.35. The number of sulfonamides is 1. The van der Waals surface area contributed by atoms with Gasteiger partial charge in [0.15, 0.2) is 0 Å². The van der Waals surface area contributed by atoms with Crippen molar-refractivity contribution in [1.82, 2.24) is 10.2 Å². The molecule has 42 heavy (non-hydrogen) atoms. The van der Waals surface area contributed by atoms with Crippen molar-refractivity contribution in [2.75, 3.05) is 18.0 Å². The predicted molar refractivity (Wildman–Crippen MR) is 163 cm³/mol. The first kappa shape index (κ1) is 31.5. The van der Waals surface area contributed by atoms with Crippen molar-refractivity contribution in [3.05, 3.63) is 88.1 Å². The molecule has 0 radical (unpaired) electrons. The van der Waals surface area contributed by atoms with Crippen molar-refractivity contribution < 1.29 is 27.1 Å². The van der Waals surface area contributed by atoms with Crippen LogP contribution in [0.2, 0.25) is 0 Å². The zero-order chi connectivity index (χ0) is 30.4. The van der Waals surface area contributed by atoms with E-state index < -0.39 is 34.3 Å². The summed E-state index contributed by atoms with van der Waals surface area (Å²) in [5, 5.41) is 3.03. The average molecular weight is 661 g/mol. The molecule has 0 aromatic heterocycles. The van der Waals surface area contributed by atoms with Crippen LogP contribution in [0.4, 0.5) is 10.1 Å². The lowest BCUT2D eigenvalue weighted by Gasteiger charge is -2.32. The van der Waals surface area contributed by atoms with Crippen LogP contribution in [-0.4, -0.2) is 50.9 Å². The minimum Gasteiger partial charge on any atom is -0.496 e. The van der Waals surface area contributed by atoms with Crippen LogP contribution in [0.3, 0.4) is 0 Å². The molecule has 3 aromatic rings. The van der Waals surface area contributed by atoms with Gasteiger partial charge in [-0.05, 0) is 90.6 Å². The molecule has 0 saturated heterocycles. The van der Waals surface area contributed by atoms with Crippen molar-refractivity contribution >= 4 is 43.5 Å². The first-order chi connectivity index (χ1) is 20.0. The number of hydrogen-bond donors (Lipinski definition) is 1. The molecule has 1 fully saturated rings. The van der Waals surface area contributed by atoms with Gasteiger partial charge in [0.25, 0.3) is 10.0 Å². The van der Waals surface area contributed by atoms with Gasteiger partial charge < -0.3 is 15.0 Å². The van der Waals surface area contributed by atoms with Gasteiger partial charge in [-0.25, -0.2) is 12.8 Å². The molecule has 8 nitrogen and oxygen atoms in total. The van der Waals surface area contributed by atoms with Crippen LogP contribution in [0.1, 0.15) is 43.7 Å². The van der Waals surface area contributed by atoms with Crippen molar-refractivity contribution in [3.8, 4) is 5.75 Å². The van der Waals surface area contributed by atoms with Gasteiger partial charge in [0.1, 0.15) is 24.2 Å². The Balaban J connectivity index is 1.69. The number of amides is 2. The molecule has 11 heteroatoms. The van der Waals surface area contributed by atoms with E-state index in [0.717, 1.165) is 35.6 Å². The maximum absolute atomic E-state index is 14.0. The molecular formula is C31H35BrFN3O5S. The van der Waals surface area contributed by atoms with Gasteiger partial charge in [0.05, 0.1) is 22.2 Å². The second-order valence-corrected chi connectivity index (χ2v) is 13.2. The summed E-state index contributed by atoms with van der Waals surface area (Å²) in [5.41, 5.74) is 1.82. The van der Waals surface area contributed by atoms with Gasteiger partial charge in [-0.1, -0.05) is 42.7 Å². The largest absolute Gasteiger partial charge is 0.496 e. The third kappa shape index (κ3) is 7.49. The molecule has 1 saturated carbocycles. The molecule has 1 aliphatic carbocycles. The molecule has 3 aromatic carbocycles. The van der Waals surface area contributed by atoms with Crippen molar-refractivity contribution in [2.24, 2.45) is 0 Å². The number of hydrogen-bond acceptors (Lipinski definition) is 5. The fourth-order valence-electron chi connectivity index (χ4n) is 4.94. The second-order valence-electron chi connectivity index (χ2n) is 10.5. The molecule has 1 atom stereocenters. The van der Waals surface area contributed by atoms with Gasteiger partial charge in [-0.2, -0.15) is 0 Å². The lowest BCUT2D eigenvalue weighted by Crippen LogP contribution is -2.52. The third-order valence-corrected chi connectivity index (χ3v) is 9.84. The molecule has 224 valence electrons. The summed E-state index contributed by atoms with van der Waals surface area (Å²) in [6.45, 7) is 2.94. The Bertz CT molecular complexity index is 1510. The Morgan fingerprint density at radius 1 is 1.05 bits per heavy atom. The first-order valence-electron chi connectivity index (χ1n) is 13.8. The Morgan fingerprint density at radius 2 is 1.69 bits per heavy atom. The zero-order valence-corrected chi connectivity index (χ0v) is 26.3. The topological polar surface area (TPSA) is 96.0 Å². The lowest BCUT2D eigenvalue weighted by atomic mass is 10.1. The highest BCUT2D eigenvalue weighted by Gasteiger charge is 2.33. The number of methoxy groups -OCH3 is 1. The van der Waals surface area contributed by atoms with E-state index in [1.165, 1.54) is 42.3 Å². The highest BCUT2D eigenvalue weighted by Crippen LogP contribution is 2.31. The number of nitrogens with zero attached hydrogens (tertiary/aromatic N) is 2. The van der Waals surface area contributed by atoms with Crippen molar-refractivity contribution in [3.63, 3.8) is 0 Å². The minimum absolute atomic E-state index is 0.00572. The summed E-state index contributed by atoms with van der Waals surface area (Å²) in [5.74, 6) is -0.864. The zero-order valence-electron chi connectivity index (χ0n) is 23.8. The van der Waals surface area contributed by atoms with Crippen LogP contribution in [0.25, 0.3) is 0 Å². The molecule has 0 aliphatic heterocycles. The minimum atomic E-state index is -4.24. The van der Waals surface area contributed by atoms with Crippen LogP contribution in [-0.2, 0) is 26.2 Å². The monoisotopic (exact) mass is 659 g/mol. The van der Waals surface area contributed by atoms with Gasteiger partial charge in [-0.3, -0.25) is 13.9 Å². The number of ether oxygens (including phenoxy) is 1. The molecule has 1 aliphatic rings. The molecule has 0 heterocycles. The van der Waals surface area contributed by atoms with E-state index in [-0.39, 0.29) is 23.4 Å². The van der Waals surface area contributed by atoms with Crippen LogP contribution in [0.5, 0.6) is 5.75 Å². The fourth-order valence-corrected chi connectivity index (χ4v) is 7.07. The van der Waals surface area contributed by atoms with Gasteiger partial charge >= 0.3 is 0 Å². The number of nitrogens with one attached hydrogen (secondary N) is 1. The number of anilines is 1. The summed E-state index contributed by atoms with van der Waals surface area (Å²) < 4.78 is 48.4. The molecule has 1 unspecified atom stereocenters. The molecule has 4 rings (SSSR count). The van der Waals surface area contributed by atoms with Crippen LogP contribution in [0, 0.1) is 12.7 Å². The summed E-state index contributed by atoms with van der Waals surface area (Å²) in [4.78, 5) is 28.6. The van der Waals surface area contributed by atoms with E-state index in [1.807, 2.05) is 6.92 Å². The van der Waals surface area contributed by atoms with Crippen LogP contribution >= 0.6 is 15.9 Å². The van der Waals surface area contributed by atoms with Crippen LogP contribution in [0.15, 0.2) is 76.1 Å². The quantitative estimate of drug-likeness (QED) is 0.290.